The first-order chi connectivity index (χ1) is 19.8. The minimum Gasteiger partial charge on any atom is -0.483 e. The number of likely N-dealkylation sites (N-methyl/N-ethyl adjacent to an activating group) is 1. The first-order valence-corrected chi connectivity index (χ1v) is 15.1. The molecule has 0 bridgehead atoms. The molecule has 4 rings (SSSR count). The van der Waals surface area contributed by atoms with Crippen LogP contribution in [-0.4, -0.2) is 88.8 Å². The van der Waals surface area contributed by atoms with Crippen molar-refractivity contribution in [2.45, 2.75) is 91.0 Å². The maximum Gasteiger partial charge on any atom is 0.255 e. The number of piperazine rings is 1. The lowest BCUT2D eigenvalue weighted by atomic mass is 9.94. The van der Waals surface area contributed by atoms with Crippen molar-refractivity contribution < 1.29 is 23.5 Å². The Hall–Kier alpha value is -3.40. The molecule has 230 valence electrons. The van der Waals surface area contributed by atoms with Crippen LogP contribution in [-0.2, 0) is 21.6 Å². The first kappa shape index (κ1) is 31.5. The van der Waals surface area contributed by atoms with Crippen LogP contribution in [0.5, 0.6) is 5.75 Å². The Morgan fingerprint density at radius 1 is 1.14 bits per heavy atom. The number of nitrogens with zero attached hydrogens (tertiary/aromatic N) is 4. The highest BCUT2D eigenvalue weighted by Crippen LogP contribution is 2.26. The number of likely N-dealkylation sites (tertiary alicyclic amines) is 1. The van der Waals surface area contributed by atoms with Crippen molar-refractivity contribution in [3.8, 4) is 5.75 Å². The van der Waals surface area contributed by atoms with Gasteiger partial charge in [-0.15, -0.1) is 0 Å². The Labute approximate surface area is 249 Å². The van der Waals surface area contributed by atoms with Crippen molar-refractivity contribution in [3.63, 3.8) is 0 Å². The van der Waals surface area contributed by atoms with E-state index in [1.807, 2.05) is 39.5 Å². The zero-order valence-corrected chi connectivity index (χ0v) is 26.2. The molecule has 0 spiro atoms. The van der Waals surface area contributed by atoms with Crippen LogP contribution in [0.3, 0.4) is 0 Å². The molecule has 1 N–H and O–H groups in total. The molecule has 0 radical (unpaired) electrons. The summed E-state index contributed by atoms with van der Waals surface area (Å²) in [6.45, 7) is 15.0. The van der Waals surface area contributed by atoms with Gasteiger partial charge in [0.25, 0.3) is 5.91 Å². The molecule has 1 aromatic carbocycles. The van der Waals surface area contributed by atoms with Crippen LogP contribution < -0.4 is 10.1 Å². The molecule has 1 aromatic heterocycles. The molecule has 3 atom stereocenters. The van der Waals surface area contributed by atoms with E-state index < -0.39 is 18.0 Å². The summed E-state index contributed by atoms with van der Waals surface area (Å²) in [5.74, 6) is 1.11. The number of ether oxygens (including phenoxy) is 1. The third-order valence-electron chi connectivity index (χ3n) is 8.18. The van der Waals surface area contributed by atoms with E-state index in [2.05, 4.69) is 29.2 Å². The Kier molecular flexibility index (Phi) is 9.97. The van der Waals surface area contributed by atoms with Crippen molar-refractivity contribution in [1.82, 2.24) is 25.0 Å². The topological polar surface area (TPSA) is 108 Å². The maximum absolute atomic E-state index is 13.9. The fourth-order valence-corrected chi connectivity index (χ4v) is 5.52. The summed E-state index contributed by atoms with van der Waals surface area (Å²) < 4.78 is 11.8. The molecule has 0 unspecified atom stereocenters. The van der Waals surface area contributed by atoms with Gasteiger partial charge < -0.3 is 29.2 Å². The van der Waals surface area contributed by atoms with Gasteiger partial charge in [0.15, 0.2) is 6.61 Å². The van der Waals surface area contributed by atoms with E-state index in [0.717, 1.165) is 18.7 Å². The number of amides is 3. The van der Waals surface area contributed by atoms with Crippen molar-refractivity contribution in [2.24, 2.45) is 5.92 Å². The third kappa shape index (κ3) is 7.51. The van der Waals surface area contributed by atoms with Crippen LogP contribution in [0.2, 0.25) is 0 Å². The van der Waals surface area contributed by atoms with Crippen LogP contribution in [0.15, 0.2) is 34.9 Å². The van der Waals surface area contributed by atoms with Gasteiger partial charge in [0.05, 0.1) is 11.8 Å². The average molecular weight is 582 g/mol. The van der Waals surface area contributed by atoms with Gasteiger partial charge in [-0.3, -0.25) is 14.4 Å². The lowest BCUT2D eigenvalue weighted by Crippen LogP contribution is -2.58. The van der Waals surface area contributed by atoms with E-state index in [-0.39, 0.29) is 35.8 Å². The third-order valence-corrected chi connectivity index (χ3v) is 8.18. The number of hydrogen-bond donors (Lipinski definition) is 1. The number of hydrogen-bond acceptors (Lipinski definition) is 7. The summed E-state index contributed by atoms with van der Waals surface area (Å²) in [5.41, 5.74) is 0.144. The van der Waals surface area contributed by atoms with E-state index in [0.29, 0.717) is 49.7 Å². The van der Waals surface area contributed by atoms with Crippen LogP contribution >= 0.6 is 0 Å². The number of carbonyl (C=O) groups excluding carboxylic acids is 3. The zero-order valence-electron chi connectivity index (χ0n) is 26.2. The maximum atomic E-state index is 13.9. The number of para-hydroxylation sites is 1. The smallest absolute Gasteiger partial charge is 0.255 e. The van der Waals surface area contributed by atoms with Gasteiger partial charge >= 0.3 is 0 Å². The normalized spacial score (nSPS) is 20.6. The van der Waals surface area contributed by atoms with Crippen molar-refractivity contribution in [1.29, 1.82) is 0 Å². The van der Waals surface area contributed by atoms with Crippen molar-refractivity contribution >= 4 is 17.7 Å². The van der Waals surface area contributed by atoms with Gasteiger partial charge in [-0.05, 0) is 51.3 Å². The van der Waals surface area contributed by atoms with Gasteiger partial charge in [-0.1, -0.05) is 46.8 Å². The van der Waals surface area contributed by atoms with E-state index in [1.165, 1.54) is 0 Å². The van der Waals surface area contributed by atoms with Gasteiger partial charge in [0.1, 0.15) is 23.6 Å². The number of oxazole rings is 1. The summed E-state index contributed by atoms with van der Waals surface area (Å²) in [5, 5.41) is 2.98. The summed E-state index contributed by atoms with van der Waals surface area (Å²) in [6.07, 6.45) is 3.56. The minimum absolute atomic E-state index is 0.00956. The lowest BCUT2D eigenvalue weighted by Gasteiger charge is -2.40. The standard InChI is InChI=1S/C32H47N5O5/c1-21(2)17-24(30(39)37-14-10-12-25(37)31(40)36-16-15-35(7)22(3)19-36)34-29(38)23-11-8-9-13-26(23)41-20-28-33-18-27(42-28)32(4,5)6/h8-9,11,13,18,21-22,24-25H,10,12,14-17,19-20H2,1-7H3,(H,34,38)/t22-,24-,25-/m1/s1. The zero-order chi connectivity index (χ0) is 30.6. The molecule has 3 amide bonds. The number of carbonyl (C=O) groups is 3. The Balaban J connectivity index is 1.46. The second-order valence-electron chi connectivity index (χ2n) is 13.1. The molecule has 2 fully saturated rings. The van der Waals surface area contributed by atoms with Gasteiger partial charge in [-0.25, -0.2) is 4.98 Å². The predicted molar refractivity (Wildman–Crippen MR) is 160 cm³/mol. The molecule has 0 saturated carbocycles. The predicted octanol–water partition coefficient (Wildman–Crippen LogP) is 3.85. The highest BCUT2D eigenvalue weighted by atomic mass is 16.5. The average Bonchev–Trinajstić information content (AvgIpc) is 3.62. The monoisotopic (exact) mass is 581 g/mol. The molecule has 3 heterocycles. The van der Waals surface area contributed by atoms with E-state index in [9.17, 15) is 14.4 Å². The first-order valence-electron chi connectivity index (χ1n) is 15.1. The van der Waals surface area contributed by atoms with Crippen LogP contribution in [0, 0.1) is 5.92 Å². The molecule has 10 heteroatoms. The Morgan fingerprint density at radius 3 is 2.55 bits per heavy atom. The largest absolute Gasteiger partial charge is 0.483 e. The molecule has 2 aliphatic heterocycles. The molecular formula is C32H47N5O5. The van der Waals surface area contributed by atoms with E-state index in [4.69, 9.17) is 9.15 Å². The highest BCUT2D eigenvalue weighted by molar-refractivity contribution is 6.00. The number of nitrogens with one attached hydrogen (secondary N) is 1. The van der Waals surface area contributed by atoms with Gasteiger partial charge in [0.2, 0.25) is 17.7 Å². The molecule has 0 aliphatic carbocycles. The Morgan fingerprint density at radius 2 is 1.88 bits per heavy atom. The minimum atomic E-state index is -0.758. The number of rotatable bonds is 9. The van der Waals surface area contributed by atoms with Crippen LogP contribution in [0.1, 0.15) is 82.8 Å². The van der Waals surface area contributed by atoms with E-state index in [1.54, 1.807) is 35.4 Å². The molecule has 2 aromatic rings. The van der Waals surface area contributed by atoms with Gasteiger partial charge in [0, 0.05) is 37.6 Å². The van der Waals surface area contributed by atoms with E-state index >= 15 is 0 Å². The molecule has 2 aliphatic rings. The molecule has 2 saturated heterocycles. The van der Waals surface area contributed by atoms with Crippen LogP contribution in [0.25, 0.3) is 0 Å². The fraction of sp³-hybridized carbons (Fsp3) is 0.625. The lowest BCUT2D eigenvalue weighted by molar-refractivity contribution is -0.146. The highest BCUT2D eigenvalue weighted by Gasteiger charge is 2.40. The molecule has 42 heavy (non-hydrogen) atoms. The quantitative estimate of drug-likeness (QED) is 0.479. The number of benzene rings is 1. The molecular weight excluding hydrogens is 534 g/mol. The summed E-state index contributed by atoms with van der Waals surface area (Å²) in [6, 6.07) is 5.96. The molecule has 10 nitrogen and oxygen atoms in total. The second-order valence-corrected chi connectivity index (χ2v) is 13.1. The SMILES string of the molecule is CC(C)C[C@@H](NC(=O)c1ccccc1OCc1ncc(C(C)(C)C)o1)C(=O)N1CCC[C@@H]1C(=O)N1CCN(C)[C@H](C)C1. The fourth-order valence-electron chi connectivity index (χ4n) is 5.52. The van der Waals surface area contributed by atoms with Crippen molar-refractivity contribution in [2.75, 3.05) is 33.2 Å². The summed E-state index contributed by atoms with van der Waals surface area (Å²) in [4.78, 5) is 51.2. The summed E-state index contributed by atoms with van der Waals surface area (Å²) >= 11 is 0. The van der Waals surface area contributed by atoms with Crippen LogP contribution in [0.4, 0.5) is 0 Å². The van der Waals surface area contributed by atoms with Crippen molar-refractivity contribution in [3.05, 3.63) is 47.7 Å². The number of aromatic nitrogens is 1. The Bertz CT molecular complexity index is 1250. The van der Waals surface area contributed by atoms with Gasteiger partial charge in [-0.2, -0.15) is 0 Å². The summed E-state index contributed by atoms with van der Waals surface area (Å²) in [7, 11) is 2.07. The second kappa shape index (κ2) is 13.3.